The molecule has 0 saturated carbocycles. The van der Waals surface area contributed by atoms with Crippen LogP contribution in [0.15, 0.2) is 59.5 Å². The highest BCUT2D eigenvalue weighted by atomic mass is 32.2. The second kappa shape index (κ2) is 11.4. The Hall–Kier alpha value is -2.26. The van der Waals surface area contributed by atoms with Crippen LogP contribution < -0.4 is 5.32 Å². The van der Waals surface area contributed by atoms with Gasteiger partial charge in [0.05, 0.1) is 4.90 Å². The Morgan fingerprint density at radius 1 is 0.912 bits per heavy atom. The standard InChI is InChI=1S/C26H36N4O3S/c1-22-7-5-6-15-30(22)34(32,33)25-12-10-24(11-13-25)26(31)27-14-16-28-17-19-29(20-18-28)21-23-8-3-2-4-9-23/h2-4,8-13,22H,5-7,14-21H2,1H3,(H,27,31). The fourth-order valence-corrected chi connectivity index (χ4v) is 6.48. The van der Waals surface area contributed by atoms with E-state index < -0.39 is 10.0 Å². The van der Waals surface area contributed by atoms with Crippen molar-refractivity contribution in [2.45, 2.75) is 43.7 Å². The van der Waals surface area contributed by atoms with Crippen molar-refractivity contribution in [2.75, 3.05) is 45.8 Å². The summed E-state index contributed by atoms with van der Waals surface area (Å²) < 4.78 is 27.5. The fraction of sp³-hybridized carbons (Fsp3) is 0.500. The molecule has 1 amide bonds. The van der Waals surface area contributed by atoms with E-state index in [0.717, 1.165) is 58.5 Å². The number of piperidine rings is 1. The average Bonchev–Trinajstić information content (AvgIpc) is 2.86. The van der Waals surface area contributed by atoms with Crippen LogP contribution in [0.4, 0.5) is 0 Å². The molecule has 2 heterocycles. The smallest absolute Gasteiger partial charge is 0.251 e. The molecule has 0 radical (unpaired) electrons. The number of hydrogen-bond acceptors (Lipinski definition) is 5. The Balaban J connectivity index is 1.21. The molecule has 0 aliphatic carbocycles. The number of sulfonamides is 1. The Labute approximate surface area is 203 Å². The van der Waals surface area contributed by atoms with Gasteiger partial charge in [0.1, 0.15) is 0 Å². The van der Waals surface area contributed by atoms with E-state index >= 15 is 0 Å². The van der Waals surface area contributed by atoms with Crippen LogP contribution in [0.25, 0.3) is 0 Å². The summed E-state index contributed by atoms with van der Waals surface area (Å²) in [6, 6.07) is 16.9. The number of amides is 1. The number of hydrogen-bond donors (Lipinski definition) is 1. The van der Waals surface area contributed by atoms with Gasteiger partial charge in [0, 0.05) is 64.0 Å². The van der Waals surface area contributed by atoms with Crippen LogP contribution in [-0.4, -0.2) is 80.3 Å². The van der Waals surface area contributed by atoms with Gasteiger partial charge in [-0.2, -0.15) is 4.31 Å². The van der Waals surface area contributed by atoms with Crippen molar-refractivity contribution in [1.82, 2.24) is 19.4 Å². The topological polar surface area (TPSA) is 73.0 Å². The molecule has 2 fully saturated rings. The zero-order chi connectivity index (χ0) is 24.0. The average molecular weight is 485 g/mol. The SMILES string of the molecule is CC1CCCCN1S(=O)(=O)c1ccc(C(=O)NCCN2CCN(Cc3ccccc3)CC2)cc1. The first-order valence-electron chi connectivity index (χ1n) is 12.3. The number of carbonyl (C=O) groups excluding carboxylic acids is 1. The van der Waals surface area contributed by atoms with Crippen LogP contribution in [-0.2, 0) is 16.6 Å². The highest BCUT2D eigenvalue weighted by molar-refractivity contribution is 7.89. The van der Waals surface area contributed by atoms with Gasteiger partial charge in [-0.15, -0.1) is 0 Å². The molecule has 2 aliphatic heterocycles. The molecule has 1 atom stereocenters. The van der Waals surface area contributed by atoms with Crippen molar-refractivity contribution in [3.8, 4) is 0 Å². The maximum absolute atomic E-state index is 13.0. The summed E-state index contributed by atoms with van der Waals surface area (Å²) in [5.41, 5.74) is 1.82. The van der Waals surface area contributed by atoms with Gasteiger partial charge in [-0.25, -0.2) is 8.42 Å². The number of nitrogens with one attached hydrogen (secondary N) is 1. The van der Waals surface area contributed by atoms with Crippen molar-refractivity contribution >= 4 is 15.9 Å². The lowest BCUT2D eigenvalue weighted by Gasteiger charge is -2.34. The molecule has 4 rings (SSSR count). The van der Waals surface area contributed by atoms with Gasteiger partial charge < -0.3 is 5.32 Å². The molecule has 0 aromatic heterocycles. The molecule has 1 unspecified atom stereocenters. The summed E-state index contributed by atoms with van der Waals surface area (Å²) in [5, 5.41) is 2.97. The Kier molecular flexibility index (Phi) is 8.37. The molecule has 8 heteroatoms. The monoisotopic (exact) mass is 484 g/mol. The number of carbonyl (C=O) groups is 1. The molecule has 0 spiro atoms. The Morgan fingerprint density at radius 2 is 1.59 bits per heavy atom. The minimum Gasteiger partial charge on any atom is -0.351 e. The normalized spacial score (nSPS) is 20.8. The van der Waals surface area contributed by atoms with E-state index in [0.29, 0.717) is 18.7 Å². The van der Waals surface area contributed by atoms with Crippen molar-refractivity contribution in [2.24, 2.45) is 0 Å². The van der Waals surface area contributed by atoms with E-state index in [4.69, 9.17) is 0 Å². The summed E-state index contributed by atoms with van der Waals surface area (Å²) in [4.78, 5) is 17.6. The first kappa shape index (κ1) is 24.9. The molecular formula is C26H36N4O3S. The van der Waals surface area contributed by atoms with Gasteiger partial charge >= 0.3 is 0 Å². The highest BCUT2D eigenvalue weighted by Crippen LogP contribution is 2.25. The third-order valence-corrected chi connectivity index (χ3v) is 8.92. The lowest BCUT2D eigenvalue weighted by molar-refractivity contribution is 0.0934. The number of benzene rings is 2. The molecule has 2 aromatic rings. The molecule has 184 valence electrons. The van der Waals surface area contributed by atoms with Crippen molar-refractivity contribution in [3.63, 3.8) is 0 Å². The summed E-state index contributed by atoms with van der Waals surface area (Å²) in [6.45, 7) is 8.91. The summed E-state index contributed by atoms with van der Waals surface area (Å²) in [7, 11) is -3.52. The predicted octanol–water partition coefficient (Wildman–Crippen LogP) is 2.80. The van der Waals surface area contributed by atoms with Crippen molar-refractivity contribution in [3.05, 3.63) is 65.7 Å². The Morgan fingerprint density at radius 3 is 2.26 bits per heavy atom. The van der Waals surface area contributed by atoms with E-state index in [1.807, 2.05) is 13.0 Å². The molecule has 2 saturated heterocycles. The van der Waals surface area contributed by atoms with Crippen molar-refractivity contribution < 1.29 is 13.2 Å². The minimum absolute atomic E-state index is 0.0157. The maximum atomic E-state index is 13.0. The van der Waals surface area contributed by atoms with Crippen LogP contribution in [0.2, 0.25) is 0 Å². The molecule has 7 nitrogen and oxygen atoms in total. The summed E-state index contributed by atoms with van der Waals surface area (Å²) in [6.07, 6.45) is 2.85. The third kappa shape index (κ3) is 6.24. The molecule has 2 aliphatic rings. The van der Waals surface area contributed by atoms with Crippen LogP contribution in [0.1, 0.15) is 42.1 Å². The van der Waals surface area contributed by atoms with Gasteiger partial charge in [-0.05, 0) is 49.6 Å². The third-order valence-electron chi connectivity index (χ3n) is 6.89. The summed E-state index contributed by atoms with van der Waals surface area (Å²) >= 11 is 0. The largest absolute Gasteiger partial charge is 0.351 e. The van der Waals surface area contributed by atoms with Crippen LogP contribution in [0, 0.1) is 0 Å². The van der Waals surface area contributed by atoms with Gasteiger partial charge in [-0.1, -0.05) is 36.8 Å². The highest BCUT2D eigenvalue weighted by Gasteiger charge is 2.31. The van der Waals surface area contributed by atoms with Gasteiger partial charge in [0.25, 0.3) is 5.91 Å². The van der Waals surface area contributed by atoms with Gasteiger partial charge in [0.15, 0.2) is 0 Å². The quantitative estimate of drug-likeness (QED) is 0.624. The molecule has 34 heavy (non-hydrogen) atoms. The number of piperazine rings is 1. The zero-order valence-electron chi connectivity index (χ0n) is 20.0. The van der Waals surface area contributed by atoms with E-state index in [9.17, 15) is 13.2 Å². The minimum atomic E-state index is -3.52. The second-order valence-corrected chi connectivity index (χ2v) is 11.2. The van der Waals surface area contributed by atoms with Crippen molar-refractivity contribution in [1.29, 1.82) is 0 Å². The van der Waals surface area contributed by atoms with Gasteiger partial charge in [0.2, 0.25) is 10.0 Å². The van der Waals surface area contributed by atoms with E-state index in [1.165, 1.54) is 5.56 Å². The first-order valence-corrected chi connectivity index (χ1v) is 13.8. The Bertz CT molecular complexity index is 1040. The predicted molar refractivity (Wildman–Crippen MR) is 134 cm³/mol. The second-order valence-electron chi connectivity index (χ2n) is 9.34. The van der Waals surface area contributed by atoms with E-state index in [1.54, 1.807) is 28.6 Å². The first-order chi connectivity index (χ1) is 16.4. The van der Waals surface area contributed by atoms with Gasteiger partial charge in [-0.3, -0.25) is 14.6 Å². The molecular weight excluding hydrogens is 448 g/mol. The van der Waals surface area contributed by atoms with E-state index in [-0.39, 0.29) is 16.8 Å². The lowest BCUT2D eigenvalue weighted by Crippen LogP contribution is -2.48. The number of nitrogens with zero attached hydrogens (tertiary/aromatic N) is 3. The fourth-order valence-electron chi connectivity index (χ4n) is 4.78. The van der Waals surface area contributed by atoms with Crippen LogP contribution in [0.5, 0.6) is 0 Å². The number of rotatable bonds is 8. The van der Waals surface area contributed by atoms with Crippen LogP contribution in [0.3, 0.4) is 0 Å². The maximum Gasteiger partial charge on any atom is 0.251 e. The molecule has 1 N–H and O–H groups in total. The molecule has 2 aromatic carbocycles. The zero-order valence-corrected chi connectivity index (χ0v) is 20.8. The van der Waals surface area contributed by atoms with Crippen LogP contribution >= 0.6 is 0 Å². The summed E-state index contributed by atoms with van der Waals surface area (Å²) in [5.74, 6) is -0.169. The lowest BCUT2D eigenvalue weighted by atomic mass is 10.1. The van der Waals surface area contributed by atoms with E-state index in [2.05, 4.69) is 39.4 Å². The molecule has 0 bridgehead atoms.